The van der Waals surface area contributed by atoms with Crippen LogP contribution in [0.15, 0.2) is 52.9 Å². The van der Waals surface area contributed by atoms with Gasteiger partial charge in [-0.3, -0.25) is 0 Å². The molecule has 2 heteroatoms. The Morgan fingerprint density at radius 3 is 3.08 bits per heavy atom. The van der Waals surface area contributed by atoms with E-state index in [-0.39, 0.29) is 0 Å². The zero-order valence-corrected chi connectivity index (χ0v) is 7.73. The molecule has 0 radical (unpaired) electrons. The molecule has 0 aromatic carbocycles. The molecule has 0 saturated heterocycles. The lowest BCUT2D eigenvalue weighted by Gasteiger charge is -2.04. The van der Waals surface area contributed by atoms with E-state index in [0.29, 0.717) is 0 Å². The maximum Gasteiger partial charge on any atom is 0.122 e. The van der Waals surface area contributed by atoms with Crippen LogP contribution in [0.2, 0.25) is 0 Å². The molecule has 68 valence electrons. The highest BCUT2D eigenvalue weighted by molar-refractivity contribution is 5.37. The molecule has 0 unspecified atom stereocenters. The first-order valence-electron chi connectivity index (χ1n) is 4.16. The Kier molecular flexibility index (Phi) is 3.76. The maximum absolute atomic E-state index is 4.65. The molecule has 0 N–H and O–H groups in total. The summed E-state index contributed by atoms with van der Waals surface area (Å²) in [5, 5.41) is 3.26. The molecule has 0 saturated carbocycles. The predicted molar refractivity (Wildman–Crippen MR) is 55.4 cm³/mol. The molecule has 0 aromatic heterocycles. The van der Waals surface area contributed by atoms with Crippen molar-refractivity contribution in [3.8, 4) is 0 Å². The van der Waals surface area contributed by atoms with Crippen molar-refractivity contribution in [2.75, 3.05) is 0 Å². The van der Waals surface area contributed by atoms with Gasteiger partial charge in [0.2, 0.25) is 0 Å². The second-order valence-electron chi connectivity index (χ2n) is 2.74. The van der Waals surface area contributed by atoms with E-state index >= 15 is 0 Å². The molecule has 0 atom stereocenters. The average Bonchev–Trinajstić information content (AvgIpc) is 2.19. The van der Waals surface area contributed by atoms with Crippen LogP contribution in [0.1, 0.15) is 13.3 Å². The van der Waals surface area contributed by atoms with E-state index in [1.54, 1.807) is 0 Å². The lowest BCUT2D eigenvalue weighted by Crippen LogP contribution is -1.84. The second kappa shape index (κ2) is 5.14. The minimum absolute atomic E-state index is 0.980. The van der Waals surface area contributed by atoms with Crippen molar-refractivity contribution < 1.29 is 4.84 Å². The highest BCUT2D eigenvalue weighted by atomic mass is 16.6. The minimum Gasteiger partial charge on any atom is -0.365 e. The first-order chi connectivity index (χ1) is 6.34. The van der Waals surface area contributed by atoms with Gasteiger partial charge in [-0.15, -0.1) is 0 Å². The molecular formula is C11H13NO. The van der Waals surface area contributed by atoms with Crippen molar-refractivity contribution in [2.45, 2.75) is 13.3 Å². The highest BCUT2D eigenvalue weighted by Crippen LogP contribution is 2.15. The molecule has 0 heterocycles. The fourth-order valence-corrected chi connectivity index (χ4v) is 1.09. The van der Waals surface area contributed by atoms with Crippen molar-refractivity contribution in [2.24, 2.45) is 5.16 Å². The fourth-order valence-electron chi connectivity index (χ4n) is 1.09. The van der Waals surface area contributed by atoms with Gasteiger partial charge in [0, 0.05) is 6.72 Å². The molecule has 1 rings (SSSR count). The minimum atomic E-state index is 0.980. The van der Waals surface area contributed by atoms with Gasteiger partial charge in [-0.25, -0.2) is 0 Å². The third-order valence-corrected chi connectivity index (χ3v) is 1.84. The van der Waals surface area contributed by atoms with E-state index in [2.05, 4.69) is 28.9 Å². The summed E-state index contributed by atoms with van der Waals surface area (Å²) in [7, 11) is 0. The first kappa shape index (κ1) is 9.52. The van der Waals surface area contributed by atoms with E-state index in [0.717, 1.165) is 6.42 Å². The van der Waals surface area contributed by atoms with Gasteiger partial charge < -0.3 is 4.84 Å². The molecule has 0 fully saturated rings. The van der Waals surface area contributed by atoms with Crippen LogP contribution < -0.4 is 0 Å². The van der Waals surface area contributed by atoms with Crippen molar-refractivity contribution >= 4 is 6.72 Å². The number of rotatable bonds is 3. The van der Waals surface area contributed by atoms with E-state index in [1.165, 1.54) is 17.4 Å². The SMILES string of the molecule is C=NO/C=C\C(C)=C1\C=CC=CC1. The van der Waals surface area contributed by atoms with Crippen LogP contribution in [0, 0.1) is 0 Å². The van der Waals surface area contributed by atoms with Crippen LogP contribution in [0.25, 0.3) is 0 Å². The van der Waals surface area contributed by atoms with Crippen LogP contribution >= 0.6 is 0 Å². The van der Waals surface area contributed by atoms with Gasteiger partial charge >= 0.3 is 0 Å². The van der Waals surface area contributed by atoms with Gasteiger partial charge in [0.25, 0.3) is 0 Å². The van der Waals surface area contributed by atoms with Gasteiger partial charge in [0.1, 0.15) is 6.26 Å². The van der Waals surface area contributed by atoms with Crippen molar-refractivity contribution in [3.63, 3.8) is 0 Å². The smallest absolute Gasteiger partial charge is 0.122 e. The van der Waals surface area contributed by atoms with Crippen molar-refractivity contribution in [1.29, 1.82) is 0 Å². The number of oxime groups is 1. The number of allylic oxidation sites excluding steroid dienone is 7. The van der Waals surface area contributed by atoms with Crippen LogP contribution in [0.3, 0.4) is 0 Å². The van der Waals surface area contributed by atoms with Crippen molar-refractivity contribution in [3.05, 3.63) is 47.8 Å². The van der Waals surface area contributed by atoms with Crippen molar-refractivity contribution in [1.82, 2.24) is 0 Å². The highest BCUT2D eigenvalue weighted by Gasteiger charge is 1.96. The summed E-state index contributed by atoms with van der Waals surface area (Å²) in [5.41, 5.74) is 2.48. The zero-order chi connectivity index (χ0) is 9.52. The van der Waals surface area contributed by atoms with Gasteiger partial charge in [0.15, 0.2) is 0 Å². The van der Waals surface area contributed by atoms with Gasteiger partial charge in [0.05, 0.1) is 0 Å². The summed E-state index contributed by atoms with van der Waals surface area (Å²) < 4.78 is 0. The first-order valence-corrected chi connectivity index (χ1v) is 4.16. The van der Waals surface area contributed by atoms with Crippen LogP contribution in [-0.4, -0.2) is 6.72 Å². The normalized spacial score (nSPS) is 19.2. The lowest BCUT2D eigenvalue weighted by molar-refractivity contribution is 0.272. The largest absolute Gasteiger partial charge is 0.365 e. The van der Waals surface area contributed by atoms with Crippen LogP contribution in [0.4, 0.5) is 0 Å². The predicted octanol–water partition coefficient (Wildman–Crippen LogP) is 2.96. The molecule has 0 aliphatic heterocycles. The average molecular weight is 175 g/mol. The molecule has 1 aliphatic rings. The van der Waals surface area contributed by atoms with E-state index in [1.807, 2.05) is 25.2 Å². The topological polar surface area (TPSA) is 21.6 Å². The Bertz CT molecular complexity index is 295. The second-order valence-corrected chi connectivity index (χ2v) is 2.74. The third kappa shape index (κ3) is 3.11. The number of nitrogens with zero attached hydrogens (tertiary/aromatic N) is 1. The summed E-state index contributed by atoms with van der Waals surface area (Å²) in [4.78, 5) is 4.65. The molecule has 0 amide bonds. The van der Waals surface area contributed by atoms with Gasteiger partial charge in [-0.2, -0.15) is 0 Å². The standard InChI is InChI=1S/C11H13NO/c1-10(8-9-13-12-2)11-6-4-3-5-7-11/h3-6,8-9H,2,7H2,1H3/b9-8-,11-10-. The Labute approximate surface area is 78.6 Å². The quantitative estimate of drug-likeness (QED) is 0.367. The van der Waals surface area contributed by atoms with Crippen LogP contribution in [0.5, 0.6) is 0 Å². The zero-order valence-electron chi connectivity index (χ0n) is 7.73. The van der Waals surface area contributed by atoms with E-state index in [9.17, 15) is 0 Å². The summed E-state index contributed by atoms with van der Waals surface area (Å²) in [6.07, 6.45) is 12.7. The Morgan fingerprint density at radius 1 is 1.62 bits per heavy atom. The fraction of sp³-hybridized carbons (Fsp3) is 0.182. The summed E-state index contributed by atoms with van der Waals surface area (Å²) in [5.74, 6) is 0. The molecule has 2 nitrogen and oxygen atoms in total. The monoisotopic (exact) mass is 175 g/mol. The van der Waals surface area contributed by atoms with E-state index in [4.69, 9.17) is 0 Å². The third-order valence-electron chi connectivity index (χ3n) is 1.84. The summed E-state index contributed by atoms with van der Waals surface area (Å²) in [6, 6.07) is 0. The number of hydrogen-bond donors (Lipinski definition) is 0. The Balaban J connectivity index is 2.63. The van der Waals surface area contributed by atoms with E-state index < -0.39 is 0 Å². The van der Waals surface area contributed by atoms with Crippen LogP contribution in [-0.2, 0) is 4.84 Å². The molecule has 0 aromatic rings. The summed E-state index contributed by atoms with van der Waals surface area (Å²) >= 11 is 0. The molecular weight excluding hydrogens is 162 g/mol. The summed E-state index contributed by atoms with van der Waals surface area (Å²) in [6.45, 7) is 5.25. The Morgan fingerprint density at radius 2 is 2.46 bits per heavy atom. The maximum atomic E-state index is 4.65. The lowest BCUT2D eigenvalue weighted by atomic mass is 10.0. The number of hydrogen-bond acceptors (Lipinski definition) is 2. The molecule has 0 spiro atoms. The Hall–Kier alpha value is -1.57. The molecule has 1 aliphatic carbocycles. The molecule has 13 heavy (non-hydrogen) atoms. The van der Waals surface area contributed by atoms with Gasteiger partial charge in [-0.1, -0.05) is 29.5 Å². The van der Waals surface area contributed by atoms with Gasteiger partial charge in [-0.05, 0) is 30.6 Å². The molecule has 0 bridgehead atoms.